The first-order chi connectivity index (χ1) is 49.7. The minimum Gasteiger partial charge on any atom is -0.462 e. The monoisotopic (exact) mass is 1510 g/mol. The predicted molar refractivity (Wildman–Crippen MR) is 423 cm³/mol. The molecule has 0 rings (SSSR count). The second kappa shape index (κ2) is 74.2. The number of carbonyl (C=O) groups excluding carboxylic acids is 4. The molecule has 612 valence electrons. The zero-order valence-corrected chi connectivity index (χ0v) is 69.6. The highest BCUT2D eigenvalue weighted by atomic mass is 31.2. The van der Waals surface area contributed by atoms with E-state index in [4.69, 9.17) is 37.0 Å². The maximum Gasteiger partial charge on any atom is 0.472 e. The van der Waals surface area contributed by atoms with Gasteiger partial charge in [-0.15, -0.1) is 0 Å². The molecule has 0 bridgehead atoms. The molecule has 0 heterocycles. The van der Waals surface area contributed by atoms with Crippen LogP contribution in [0.2, 0.25) is 0 Å². The van der Waals surface area contributed by atoms with Crippen molar-refractivity contribution in [3.63, 3.8) is 0 Å². The molecular weight excluding hydrogens is 1340 g/mol. The lowest BCUT2D eigenvalue weighted by Crippen LogP contribution is -2.30. The summed E-state index contributed by atoms with van der Waals surface area (Å²) in [5, 5.41) is 10.7. The molecule has 0 radical (unpaired) electrons. The lowest BCUT2D eigenvalue weighted by Gasteiger charge is -2.21. The molecule has 2 unspecified atom stereocenters. The first kappa shape index (κ1) is 101. The maximum absolute atomic E-state index is 13.1. The molecule has 17 nitrogen and oxygen atoms in total. The number of aliphatic hydroxyl groups excluding tert-OH is 1. The molecule has 0 aliphatic heterocycles. The first-order valence-corrected chi connectivity index (χ1v) is 46.3. The molecule has 5 atom stereocenters. The van der Waals surface area contributed by atoms with Gasteiger partial charge in [-0.05, 0) is 43.4 Å². The zero-order valence-electron chi connectivity index (χ0n) is 67.8. The standard InChI is InChI=1S/C84H164O17P2/c1-8-9-10-11-12-13-14-15-16-17-18-19-20-21-29-34-39-44-53-60-67-83(88)100-79(71-94-81(86)65-58-51-43-38-33-28-24-22-26-31-36-41-48-55-62-75(2)3)73-98-102(90,91)96-69-78(85)70-97-103(92,93)99-74-80(72-95-82(87)66-59-52-47-46-50-57-64-77(6)7)101-84(89)68-61-54-45-40-35-30-25-23-27-32-37-42-49-56-63-76(4)5/h75-80,85H,8-74H2,1-7H3,(H,90,91)(H,92,93)/t78-,79-,80-/m1/s1. The third kappa shape index (κ3) is 78.0. The topological polar surface area (TPSA) is 237 Å². The fourth-order valence-corrected chi connectivity index (χ4v) is 14.6. The van der Waals surface area contributed by atoms with E-state index in [0.29, 0.717) is 31.6 Å². The summed E-state index contributed by atoms with van der Waals surface area (Å²) in [5.41, 5.74) is 0. The Kier molecular flexibility index (Phi) is 72.8. The number of hydrogen-bond donors (Lipinski definition) is 3. The molecule has 0 aromatic rings. The fourth-order valence-electron chi connectivity index (χ4n) is 13.0. The van der Waals surface area contributed by atoms with Crippen LogP contribution >= 0.6 is 15.6 Å². The van der Waals surface area contributed by atoms with E-state index in [1.54, 1.807) is 0 Å². The van der Waals surface area contributed by atoms with Gasteiger partial charge in [0.25, 0.3) is 0 Å². The highest BCUT2D eigenvalue weighted by Crippen LogP contribution is 2.45. The van der Waals surface area contributed by atoms with Gasteiger partial charge in [0, 0.05) is 25.7 Å². The summed E-state index contributed by atoms with van der Waals surface area (Å²) >= 11 is 0. The van der Waals surface area contributed by atoms with E-state index in [1.807, 2.05) is 0 Å². The summed E-state index contributed by atoms with van der Waals surface area (Å²) in [6, 6.07) is 0. The number of phosphoric ester groups is 2. The second-order valence-corrected chi connectivity index (χ2v) is 34.6. The molecule has 0 saturated heterocycles. The minimum atomic E-state index is -4.96. The Balaban J connectivity index is 5.22. The normalized spacial score (nSPS) is 13.9. The molecule has 0 aliphatic carbocycles. The number of hydrogen-bond acceptors (Lipinski definition) is 15. The molecule has 0 aliphatic rings. The minimum absolute atomic E-state index is 0.106. The highest BCUT2D eigenvalue weighted by Gasteiger charge is 2.30. The van der Waals surface area contributed by atoms with Gasteiger partial charge < -0.3 is 33.8 Å². The summed E-state index contributed by atoms with van der Waals surface area (Å²) in [6.07, 6.45) is 64.1. The predicted octanol–water partition coefficient (Wildman–Crippen LogP) is 25.3. The van der Waals surface area contributed by atoms with Gasteiger partial charge in [-0.2, -0.15) is 0 Å². The van der Waals surface area contributed by atoms with Crippen LogP contribution in [0.25, 0.3) is 0 Å². The van der Waals surface area contributed by atoms with Gasteiger partial charge in [0.1, 0.15) is 19.3 Å². The third-order valence-corrected chi connectivity index (χ3v) is 21.5. The van der Waals surface area contributed by atoms with Gasteiger partial charge in [-0.1, -0.05) is 389 Å². The maximum atomic E-state index is 13.1. The van der Waals surface area contributed by atoms with E-state index >= 15 is 0 Å². The Bertz CT molecular complexity index is 1990. The van der Waals surface area contributed by atoms with Crippen LogP contribution in [0.15, 0.2) is 0 Å². The van der Waals surface area contributed by atoms with Gasteiger partial charge in [0.15, 0.2) is 12.2 Å². The fraction of sp³-hybridized carbons (Fsp3) is 0.952. The van der Waals surface area contributed by atoms with Crippen LogP contribution in [-0.2, 0) is 65.4 Å². The van der Waals surface area contributed by atoms with Crippen molar-refractivity contribution in [2.45, 2.75) is 458 Å². The molecule has 19 heteroatoms. The van der Waals surface area contributed by atoms with Gasteiger partial charge in [0.2, 0.25) is 0 Å². The zero-order chi connectivity index (χ0) is 75.8. The van der Waals surface area contributed by atoms with Crippen LogP contribution in [0.5, 0.6) is 0 Å². The summed E-state index contributed by atoms with van der Waals surface area (Å²) in [6.45, 7) is 11.9. The Labute approximate surface area is 632 Å². The average molecular weight is 1510 g/mol. The van der Waals surface area contributed by atoms with Crippen molar-refractivity contribution in [3.8, 4) is 0 Å². The van der Waals surface area contributed by atoms with Crippen LogP contribution in [0.3, 0.4) is 0 Å². The van der Waals surface area contributed by atoms with E-state index in [0.717, 1.165) is 108 Å². The van der Waals surface area contributed by atoms with E-state index in [9.17, 15) is 43.2 Å². The van der Waals surface area contributed by atoms with Crippen LogP contribution in [-0.4, -0.2) is 96.7 Å². The number of unbranched alkanes of at least 4 members (excludes halogenated alkanes) is 50. The Morgan fingerprint density at radius 1 is 0.262 bits per heavy atom. The van der Waals surface area contributed by atoms with Gasteiger partial charge in [0.05, 0.1) is 26.4 Å². The molecule has 0 aromatic carbocycles. The lowest BCUT2D eigenvalue weighted by molar-refractivity contribution is -0.161. The number of aliphatic hydroxyl groups is 1. The number of phosphoric acid groups is 2. The van der Waals surface area contributed by atoms with Crippen LogP contribution in [0.1, 0.15) is 440 Å². The number of rotatable bonds is 82. The summed E-state index contributed by atoms with van der Waals surface area (Å²) < 4.78 is 68.8. The lowest BCUT2D eigenvalue weighted by atomic mass is 10.0. The van der Waals surface area contributed by atoms with Crippen LogP contribution < -0.4 is 0 Å². The van der Waals surface area contributed by atoms with E-state index in [1.165, 1.54) is 244 Å². The van der Waals surface area contributed by atoms with Gasteiger partial charge in [-0.25, -0.2) is 9.13 Å². The van der Waals surface area contributed by atoms with Crippen LogP contribution in [0.4, 0.5) is 0 Å². The quantitative estimate of drug-likeness (QED) is 0.0222. The number of carbonyl (C=O) groups is 4. The van der Waals surface area contributed by atoms with Crippen molar-refractivity contribution in [1.82, 2.24) is 0 Å². The SMILES string of the molecule is CCCCCCCCCCCCCCCCCCCCCCC(=O)O[C@H](COC(=O)CCCCCCCCCCCCCCCCC(C)C)COP(=O)(O)OC[C@@H](O)COP(=O)(O)OC[C@@H](COC(=O)CCCCCCCCC(C)C)OC(=O)CCCCCCCCCCCCCCCCC(C)C. The van der Waals surface area contributed by atoms with Crippen molar-refractivity contribution in [3.05, 3.63) is 0 Å². The van der Waals surface area contributed by atoms with Crippen molar-refractivity contribution < 1.29 is 80.2 Å². The average Bonchev–Trinajstić information content (AvgIpc) is 0.918. The third-order valence-electron chi connectivity index (χ3n) is 19.6. The first-order valence-electron chi connectivity index (χ1n) is 43.3. The van der Waals surface area contributed by atoms with E-state index in [2.05, 4.69) is 48.5 Å². The summed E-state index contributed by atoms with van der Waals surface area (Å²) in [4.78, 5) is 73.1. The summed E-state index contributed by atoms with van der Waals surface area (Å²) in [5.74, 6) is 0.164. The largest absolute Gasteiger partial charge is 0.472 e. The smallest absolute Gasteiger partial charge is 0.462 e. The van der Waals surface area contributed by atoms with Gasteiger partial charge >= 0.3 is 39.5 Å². The Morgan fingerprint density at radius 3 is 0.660 bits per heavy atom. The Hall–Kier alpha value is -1.94. The van der Waals surface area contributed by atoms with E-state index in [-0.39, 0.29) is 25.7 Å². The Morgan fingerprint density at radius 2 is 0.447 bits per heavy atom. The van der Waals surface area contributed by atoms with E-state index < -0.39 is 97.5 Å². The number of ether oxygens (including phenoxy) is 4. The molecule has 0 saturated carbocycles. The van der Waals surface area contributed by atoms with Crippen molar-refractivity contribution in [1.29, 1.82) is 0 Å². The number of esters is 4. The van der Waals surface area contributed by atoms with Crippen molar-refractivity contribution in [2.75, 3.05) is 39.6 Å². The molecule has 0 spiro atoms. The van der Waals surface area contributed by atoms with Crippen molar-refractivity contribution in [2.24, 2.45) is 17.8 Å². The molecule has 3 N–H and O–H groups in total. The summed E-state index contributed by atoms with van der Waals surface area (Å²) in [7, 11) is -9.92. The van der Waals surface area contributed by atoms with Crippen molar-refractivity contribution >= 4 is 39.5 Å². The molecular formula is C84H164O17P2. The molecule has 103 heavy (non-hydrogen) atoms. The highest BCUT2D eigenvalue weighted by molar-refractivity contribution is 7.47. The molecule has 0 aromatic heterocycles. The second-order valence-electron chi connectivity index (χ2n) is 31.6. The molecule has 0 fully saturated rings. The van der Waals surface area contributed by atoms with Crippen LogP contribution in [0, 0.1) is 17.8 Å². The van der Waals surface area contributed by atoms with Gasteiger partial charge in [-0.3, -0.25) is 37.3 Å². The molecule has 0 amide bonds.